The van der Waals surface area contributed by atoms with E-state index in [0.29, 0.717) is 18.5 Å². The fraction of sp³-hybridized carbons (Fsp3) is 0.462. The number of hydrogen-bond acceptors (Lipinski definition) is 2. The van der Waals surface area contributed by atoms with E-state index >= 15 is 0 Å². The second kappa shape index (κ2) is 4.23. The van der Waals surface area contributed by atoms with Gasteiger partial charge >= 0.3 is 0 Å². The molecule has 0 heterocycles. The van der Waals surface area contributed by atoms with Gasteiger partial charge in [-0.3, -0.25) is 4.79 Å². The minimum atomic E-state index is -0.894. The standard InChI is InChI=1S/C13H16F2N2O/c1-13(2)5-7(13)6-17-12(18)8-3-11(16)10(15)4-9(8)14/h3-4,7H,5-6,16H2,1-2H3,(H,17,18). The largest absolute Gasteiger partial charge is 0.396 e. The van der Waals surface area contributed by atoms with Gasteiger partial charge in [-0.25, -0.2) is 8.78 Å². The average molecular weight is 254 g/mol. The minimum absolute atomic E-state index is 0.215. The van der Waals surface area contributed by atoms with Crippen molar-refractivity contribution in [2.45, 2.75) is 20.3 Å². The summed E-state index contributed by atoms with van der Waals surface area (Å²) in [6.07, 6.45) is 1.04. The summed E-state index contributed by atoms with van der Waals surface area (Å²) in [5.74, 6) is -1.88. The molecule has 18 heavy (non-hydrogen) atoms. The Hall–Kier alpha value is -1.65. The Morgan fingerprint density at radius 3 is 2.61 bits per heavy atom. The molecule has 0 radical (unpaired) electrons. The summed E-state index contributed by atoms with van der Waals surface area (Å²) < 4.78 is 26.4. The Kier molecular flexibility index (Phi) is 3.00. The Morgan fingerprint density at radius 1 is 1.44 bits per heavy atom. The Balaban J connectivity index is 2.03. The van der Waals surface area contributed by atoms with E-state index in [9.17, 15) is 13.6 Å². The highest BCUT2D eigenvalue weighted by Gasteiger charge is 2.45. The number of amides is 1. The van der Waals surface area contributed by atoms with Gasteiger partial charge in [0.15, 0.2) is 0 Å². The van der Waals surface area contributed by atoms with E-state index in [4.69, 9.17) is 5.73 Å². The van der Waals surface area contributed by atoms with Crippen molar-refractivity contribution in [3.8, 4) is 0 Å². The van der Waals surface area contributed by atoms with E-state index in [2.05, 4.69) is 19.2 Å². The van der Waals surface area contributed by atoms with Crippen molar-refractivity contribution in [3.63, 3.8) is 0 Å². The zero-order valence-corrected chi connectivity index (χ0v) is 10.4. The number of hydrogen-bond donors (Lipinski definition) is 2. The molecule has 1 aromatic rings. The van der Waals surface area contributed by atoms with Crippen LogP contribution in [0.2, 0.25) is 0 Å². The molecule has 1 saturated carbocycles. The first kappa shape index (κ1) is 12.8. The van der Waals surface area contributed by atoms with Crippen molar-refractivity contribution in [2.75, 3.05) is 12.3 Å². The molecular formula is C13H16F2N2O. The van der Waals surface area contributed by atoms with E-state index in [0.717, 1.165) is 12.5 Å². The van der Waals surface area contributed by atoms with Gasteiger partial charge in [0, 0.05) is 12.6 Å². The van der Waals surface area contributed by atoms with Crippen LogP contribution in [-0.4, -0.2) is 12.5 Å². The average Bonchev–Trinajstić information content (AvgIpc) is 2.88. The molecule has 3 N–H and O–H groups in total. The maximum atomic E-state index is 13.4. The lowest BCUT2D eigenvalue weighted by atomic mass is 10.1. The summed E-state index contributed by atoms with van der Waals surface area (Å²) in [6.45, 7) is 4.73. The second-order valence-electron chi connectivity index (χ2n) is 5.45. The molecule has 0 bridgehead atoms. The summed E-state index contributed by atoms with van der Waals surface area (Å²) in [4.78, 5) is 11.7. The third-order valence-electron chi connectivity index (χ3n) is 3.56. The molecular weight excluding hydrogens is 238 g/mol. The van der Waals surface area contributed by atoms with Crippen molar-refractivity contribution < 1.29 is 13.6 Å². The number of rotatable bonds is 3. The lowest BCUT2D eigenvalue weighted by Gasteiger charge is -2.08. The number of nitrogens with one attached hydrogen (secondary N) is 1. The fourth-order valence-corrected chi connectivity index (χ4v) is 1.98. The van der Waals surface area contributed by atoms with Gasteiger partial charge in [0.25, 0.3) is 5.91 Å². The predicted octanol–water partition coefficient (Wildman–Crippen LogP) is 2.32. The van der Waals surface area contributed by atoms with E-state index in [1.807, 2.05) is 0 Å². The first-order chi connectivity index (χ1) is 8.31. The lowest BCUT2D eigenvalue weighted by Crippen LogP contribution is -2.27. The van der Waals surface area contributed by atoms with Gasteiger partial charge < -0.3 is 11.1 Å². The Labute approximate surface area is 104 Å². The molecule has 1 atom stereocenters. The normalized spacial score (nSPS) is 20.6. The number of benzene rings is 1. The van der Waals surface area contributed by atoms with Crippen molar-refractivity contribution in [1.29, 1.82) is 0 Å². The minimum Gasteiger partial charge on any atom is -0.396 e. The lowest BCUT2D eigenvalue weighted by molar-refractivity contribution is 0.0946. The summed E-state index contributed by atoms with van der Waals surface area (Å²) >= 11 is 0. The van der Waals surface area contributed by atoms with Crippen LogP contribution < -0.4 is 11.1 Å². The van der Waals surface area contributed by atoms with Crippen LogP contribution in [0.3, 0.4) is 0 Å². The molecule has 0 spiro atoms. The summed E-state index contributed by atoms with van der Waals surface area (Å²) in [5.41, 5.74) is 5.12. The number of nitrogen functional groups attached to an aromatic ring is 1. The monoisotopic (exact) mass is 254 g/mol. The SMILES string of the molecule is CC1(C)CC1CNC(=O)c1cc(N)c(F)cc1F. The first-order valence-corrected chi connectivity index (χ1v) is 5.84. The van der Waals surface area contributed by atoms with Crippen LogP contribution in [0.15, 0.2) is 12.1 Å². The molecule has 1 aliphatic carbocycles. The van der Waals surface area contributed by atoms with Crippen LogP contribution in [-0.2, 0) is 0 Å². The fourth-order valence-electron chi connectivity index (χ4n) is 1.98. The molecule has 1 aromatic carbocycles. The zero-order valence-electron chi connectivity index (χ0n) is 10.4. The number of carbonyl (C=O) groups is 1. The molecule has 1 amide bonds. The van der Waals surface area contributed by atoms with Crippen LogP contribution in [0.4, 0.5) is 14.5 Å². The van der Waals surface area contributed by atoms with Gasteiger partial charge in [-0.1, -0.05) is 13.8 Å². The third kappa shape index (κ3) is 2.44. The molecule has 1 aliphatic rings. The molecule has 1 unspecified atom stereocenters. The van der Waals surface area contributed by atoms with Crippen molar-refractivity contribution >= 4 is 11.6 Å². The number of anilines is 1. The Morgan fingerprint density at radius 2 is 2.06 bits per heavy atom. The first-order valence-electron chi connectivity index (χ1n) is 5.84. The van der Waals surface area contributed by atoms with Gasteiger partial charge in [0.2, 0.25) is 0 Å². The summed E-state index contributed by atoms with van der Waals surface area (Å²) in [7, 11) is 0. The van der Waals surface area contributed by atoms with E-state index in [1.54, 1.807) is 0 Å². The molecule has 0 aromatic heterocycles. The predicted molar refractivity (Wildman–Crippen MR) is 65.0 cm³/mol. The van der Waals surface area contributed by atoms with Gasteiger partial charge in [-0.2, -0.15) is 0 Å². The van der Waals surface area contributed by atoms with Gasteiger partial charge in [0.1, 0.15) is 11.6 Å². The molecule has 5 heteroatoms. The van der Waals surface area contributed by atoms with E-state index in [1.165, 1.54) is 0 Å². The highest BCUT2D eigenvalue weighted by Crippen LogP contribution is 2.50. The molecule has 2 rings (SSSR count). The molecule has 0 aliphatic heterocycles. The van der Waals surface area contributed by atoms with Crippen LogP contribution in [0.5, 0.6) is 0 Å². The highest BCUT2D eigenvalue weighted by atomic mass is 19.1. The van der Waals surface area contributed by atoms with Gasteiger partial charge in [-0.05, 0) is 23.8 Å². The summed E-state index contributed by atoms with van der Waals surface area (Å²) in [5, 5.41) is 2.65. The highest BCUT2D eigenvalue weighted by molar-refractivity contribution is 5.95. The quantitative estimate of drug-likeness (QED) is 0.813. The number of nitrogens with two attached hydrogens (primary N) is 1. The van der Waals surface area contributed by atoms with Crippen LogP contribution in [0.25, 0.3) is 0 Å². The van der Waals surface area contributed by atoms with Crippen LogP contribution >= 0.6 is 0 Å². The number of halogens is 2. The van der Waals surface area contributed by atoms with Crippen molar-refractivity contribution in [2.24, 2.45) is 11.3 Å². The van der Waals surface area contributed by atoms with E-state index in [-0.39, 0.29) is 16.7 Å². The second-order valence-corrected chi connectivity index (χ2v) is 5.45. The maximum absolute atomic E-state index is 13.4. The van der Waals surface area contributed by atoms with E-state index < -0.39 is 17.5 Å². The molecule has 3 nitrogen and oxygen atoms in total. The molecule has 98 valence electrons. The van der Waals surface area contributed by atoms with Crippen molar-refractivity contribution in [3.05, 3.63) is 29.3 Å². The topological polar surface area (TPSA) is 55.1 Å². The summed E-state index contributed by atoms with van der Waals surface area (Å²) in [6, 6.07) is 1.66. The number of carbonyl (C=O) groups excluding carboxylic acids is 1. The molecule has 1 fully saturated rings. The van der Waals surface area contributed by atoms with Crippen molar-refractivity contribution in [1.82, 2.24) is 5.32 Å². The van der Waals surface area contributed by atoms with Crippen LogP contribution in [0.1, 0.15) is 30.6 Å². The smallest absolute Gasteiger partial charge is 0.254 e. The maximum Gasteiger partial charge on any atom is 0.254 e. The van der Waals surface area contributed by atoms with Gasteiger partial charge in [-0.15, -0.1) is 0 Å². The molecule has 0 saturated heterocycles. The third-order valence-corrected chi connectivity index (χ3v) is 3.56. The Bertz CT molecular complexity index is 500. The zero-order chi connectivity index (χ0) is 13.5. The van der Waals surface area contributed by atoms with Crippen LogP contribution in [0, 0.1) is 23.0 Å². The van der Waals surface area contributed by atoms with Gasteiger partial charge in [0.05, 0.1) is 11.3 Å².